The van der Waals surface area contributed by atoms with E-state index in [-0.39, 0.29) is 3.79 Å². The summed E-state index contributed by atoms with van der Waals surface area (Å²) >= 11 is 1.75. The lowest BCUT2D eigenvalue weighted by Crippen LogP contribution is -1.80. The average molecular weight is 197 g/mol. The van der Waals surface area contributed by atoms with E-state index in [9.17, 15) is 4.79 Å². The third-order valence-corrected chi connectivity index (χ3v) is 0.805. The van der Waals surface area contributed by atoms with Gasteiger partial charge in [-0.25, -0.2) is 0 Å². The van der Waals surface area contributed by atoms with Gasteiger partial charge < -0.3 is 0 Å². The van der Waals surface area contributed by atoms with Crippen molar-refractivity contribution in [2.24, 2.45) is 0 Å². The van der Waals surface area contributed by atoms with Crippen LogP contribution >= 0.6 is 22.6 Å². The molecule has 0 aliphatic heterocycles. The molecule has 0 atom stereocenters. The van der Waals surface area contributed by atoms with Crippen LogP contribution in [0.15, 0.2) is 0 Å². The van der Waals surface area contributed by atoms with Gasteiger partial charge in [-0.15, -0.1) is 0 Å². The van der Waals surface area contributed by atoms with Crippen molar-refractivity contribution in [3.05, 3.63) is 6.42 Å². The largest absolute Gasteiger partial charge is 0.287 e. The lowest BCUT2D eigenvalue weighted by atomic mass is 10.4. The first-order valence-electron chi connectivity index (χ1n) is 1.80. The minimum absolute atomic E-state index is 0.134. The Hall–Kier alpha value is 0.400. The molecule has 0 saturated carbocycles. The average Bonchev–Trinajstić information content (AvgIpc) is 1.35. The second-order valence-electron chi connectivity index (χ2n) is 0.916. The molecule has 0 aliphatic rings. The van der Waals surface area contributed by atoms with Gasteiger partial charge in [-0.2, -0.15) is 0 Å². The molecule has 0 N–H and O–H groups in total. The van der Waals surface area contributed by atoms with Crippen molar-refractivity contribution in [2.75, 3.05) is 0 Å². The van der Waals surface area contributed by atoms with E-state index < -0.39 is 0 Å². The van der Waals surface area contributed by atoms with Gasteiger partial charge in [0.15, 0.2) is 3.79 Å². The summed E-state index contributed by atoms with van der Waals surface area (Å²) in [6.45, 7) is 1.94. The molecule has 1 radical (unpaired) electrons. The summed E-state index contributed by atoms with van der Waals surface area (Å²) < 4.78 is 0.134. The SMILES string of the molecule is CC[CH]C(=O)I. The minimum atomic E-state index is 0.134. The number of rotatable bonds is 2. The third kappa shape index (κ3) is 4.40. The van der Waals surface area contributed by atoms with E-state index in [0.717, 1.165) is 6.42 Å². The third-order valence-electron chi connectivity index (χ3n) is 0.365. The van der Waals surface area contributed by atoms with Crippen LogP contribution < -0.4 is 0 Å². The molecule has 2 heteroatoms. The summed E-state index contributed by atoms with van der Waals surface area (Å²) in [5.41, 5.74) is 0. The molecule has 0 aromatic heterocycles. The summed E-state index contributed by atoms with van der Waals surface area (Å²) in [5.74, 6) is 0. The summed E-state index contributed by atoms with van der Waals surface area (Å²) in [6.07, 6.45) is 2.49. The maximum absolute atomic E-state index is 9.97. The molecule has 35 valence electrons. The molecule has 0 bridgehead atoms. The summed E-state index contributed by atoms with van der Waals surface area (Å²) in [6, 6.07) is 0. The van der Waals surface area contributed by atoms with Crippen LogP contribution in [0.3, 0.4) is 0 Å². The molecule has 0 rings (SSSR count). The highest BCUT2D eigenvalue weighted by molar-refractivity contribution is 14.1. The van der Waals surface area contributed by atoms with Crippen molar-refractivity contribution in [1.29, 1.82) is 0 Å². The topological polar surface area (TPSA) is 17.1 Å². The molecule has 0 heterocycles. The van der Waals surface area contributed by atoms with E-state index in [0.29, 0.717) is 0 Å². The molecule has 0 aromatic rings. The fraction of sp³-hybridized carbons (Fsp3) is 0.500. The van der Waals surface area contributed by atoms with Gasteiger partial charge in [0.25, 0.3) is 0 Å². The summed E-state index contributed by atoms with van der Waals surface area (Å²) in [7, 11) is 0. The molecular weight excluding hydrogens is 191 g/mol. The van der Waals surface area contributed by atoms with Crippen LogP contribution in [0, 0.1) is 6.42 Å². The lowest BCUT2D eigenvalue weighted by molar-refractivity contribution is -0.106. The highest BCUT2D eigenvalue weighted by Gasteiger charge is 1.87. The fourth-order valence-corrected chi connectivity index (χ4v) is 0.601. The molecule has 0 amide bonds. The van der Waals surface area contributed by atoms with Crippen molar-refractivity contribution in [2.45, 2.75) is 13.3 Å². The summed E-state index contributed by atoms with van der Waals surface area (Å²) in [4.78, 5) is 9.97. The zero-order valence-electron chi connectivity index (χ0n) is 3.57. The van der Waals surface area contributed by atoms with Crippen LogP contribution in [0.25, 0.3) is 0 Å². The Labute approximate surface area is 51.3 Å². The second-order valence-corrected chi connectivity index (χ2v) is 1.98. The van der Waals surface area contributed by atoms with Gasteiger partial charge in [-0.3, -0.25) is 4.79 Å². The van der Waals surface area contributed by atoms with Gasteiger partial charge in [0.2, 0.25) is 0 Å². The molecule has 1 nitrogen and oxygen atoms in total. The molecule has 0 fully saturated rings. The number of hydrogen-bond donors (Lipinski definition) is 0. The second kappa shape index (κ2) is 3.59. The minimum Gasteiger partial charge on any atom is -0.287 e. The molecule has 0 saturated heterocycles. The monoisotopic (exact) mass is 197 g/mol. The fourth-order valence-electron chi connectivity index (χ4n) is 0.160. The Morgan fingerprint density at radius 2 is 2.50 bits per heavy atom. The van der Waals surface area contributed by atoms with Gasteiger partial charge in [0.05, 0.1) is 0 Å². The highest BCUT2D eigenvalue weighted by Crippen LogP contribution is 1.92. The van der Waals surface area contributed by atoms with E-state index in [2.05, 4.69) is 0 Å². The quantitative estimate of drug-likeness (QED) is 0.484. The lowest BCUT2D eigenvalue weighted by Gasteiger charge is -1.77. The molecule has 0 spiro atoms. The van der Waals surface area contributed by atoms with Crippen LogP contribution in [0.2, 0.25) is 0 Å². The predicted molar refractivity (Wildman–Crippen MR) is 33.6 cm³/mol. The van der Waals surface area contributed by atoms with Crippen LogP contribution in [0.4, 0.5) is 0 Å². The first kappa shape index (κ1) is 6.40. The highest BCUT2D eigenvalue weighted by atomic mass is 127. The smallest absolute Gasteiger partial charge is 0.196 e. The van der Waals surface area contributed by atoms with E-state index in [1.807, 2.05) is 6.92 Å². The Balaban J connectivity index is 2.83. The zero-order valence-corrected chi connectivity index (χ0v) is 5.73. The van der Waals surface area contributed by atoms with Crippen molar-refractivity contribution < 1.29 is 4.79 Å². The normalized spacial score (nSPS) is 8.33. The van der Waals surface area contributed by atoms with Gasteiger partial charge in [0.1, 0.15) is 0 Å². The number of halogens is 1. The molecule has 0 unspecified atom stereocenters. The Morgan fingerprint density at radius 3 is 2.50 bits per heavy atom. The maximum Gasteiger partial charge on any atom is 0.196 e. The van der Waals surface area contributed by atoms with Crippen molar-refractivity contribution in [1.82, 2.24) is 0 Å². The van der Waals surface area contributed by atoms with E-state index in [4.69, 9.17) is 0 Å². The number of carbonyl (C=O) groups is 1. The molecule has 6 heavy (non-hydrogen) atoms. The maximum atomic E-state index is 9.97. The number of carbonyl (C=O) groups excluding carboxylic acids is 1. The van der Waals surface area contributed by atoms with E-state index in [1.54, 1.807) is 29.0 Å². The van der Waals surface area contributed by atoms with Crippen LogP contribution in [-0.4, -0.2) is 3.79 Å². The Bertz CT molecular complexity index is 51.5. The van der Waals surface area contributed by atoms with Gasteiger partial charge in [-0.05, 0) is 29.0 Å². The van der Waals surface area contributed by atoms with Crippen molar-refractivity contribution in [3.8, 4) is 0 Å². The van der Waals surface area contributed by atoms with Crippen LogP contribution in [-0.2, 0) is 4.79 Å². The van der Waals surface area contributed by atoms with Crippen LogP contribution in [0.5, 0.6) is 0 Å². The zero-order chi connectivity index (χ0) is 4.99. The van der Waals surface area contributed by atoms with E-state index in [1.165, 1.54) is 0 Å². The van der Waals surface area contributed by atoms with Gasteiger partial charge in [0, 0.05) is 6.42 Å². The molecule has 0 aromatic carbocycles. The number of hydrogen-bond acceptors (Lipinski definition) is 1. The van der Waals surface area contributed by atoms with Gasteiger partial charge >= 0.3 is 0 Å². The van der Waals surface area contributed by atoms with Crippen molar-refractivity contribution >= 4 is 26.4 Å². The first-order valence-corrected chi connectivity index (χ1v) is 2.88. The Kier molecular flexibility index (Phi) is 3.82. The molecule has 0 aliphatic carbocycles. The standard InChI is InChI=1S/C4H6IO/c1-2-3-4(5)6/h3H,2H2,1H3. The van der Waals surface area contributed by atoms with Crippen molar-refractivity contribution in [3.63, 3.8) is 0 Å². The Morgan fingerprint density at radius 1 is 2.00 bits per heavy atom. The van der Waals surface area contributed by atoms with E-state index >= 15 is 0 Å². The molecular formula is C4H6IO. The summed E-state index contributed by atoms with van der Waals surface area (Å²) in [5, 5.41) is 0. The first-order chi connectivity index (χ1) is 2.77. The van der Waals surface area contributed by atoms with Crippen LogP contribution in [0.1, 0.15) is 13.3 Å². The van der Waals surface area contributed by atoms with Gasteiger partial charge in [-0.1, -0.05) is 6.92 Å². The predicted octanol–water partition coefficient (Wildman–Crippen LogP) is 1.56.